The standard InChI is InChI=1S/C42H50N4O5/c1-6-22-19-45-34-17-28(22)42(39(48)50-5)35(45)18-41(38(42)47)27-12-8-10-14-31(27)46(37(34)41)20-29-24-15-33-36-25(23-11-7-9-13-30(23)44(36)4)16-32(43(33)3)26(24)21-51-40(29,2)49/h6-14,24,26,28-29,32-35,37-38,47,49H,15-21H2,1-5H3/b22-6-/t24-,26-,28+,29+,32+,33+,34+,35+,37+,38-,40-,41-,42-/m1/s1. The van der Waals surface area contributed by atoms with Gasteiger partial charge in [-0.1, -0.05) is 48.0 Å². The zero-order valence-corrected chi connectivity index (χ0v) is 30.3. The molecular weight excluding hydrogens is 640 g/mol. The van der Waals surface area contributed by atoms with Crippen LogP contribution in [0.2, 0.25) is 0 Å². The molecule has 51 heavy (non-hydrogen) atoms. The lowest BCUT2D eigenvalue weighted by molar-refractivity contribution is -0.287. The molecular formula is C42H50N4O5. The monoisotopic (exact) mass is 690 g/mol. The molecule has 1 aliphatic carbocycles. The molecule has 2 aromatic carbocycles. The van der Waals surface area contributed by atoms with E-state index in [4.69, 9.17) is 9.47 Å². The first-order valence-corrected chi connectivity index (χ1v) is 19.3. The summed E-state index contributed by atoms with van der Waals surface area (Å²) in [5, 5.41) is 26.6. The van der Waals surface area contributed by atoms with Crippen molar-refractivity contribution in [2.45, 2.75) is 87.0 Å². The third-order valence-corrected chi connectivity index (χ3v) is 16.3. The molecule has 1 saturated carbocycles. The second-order valence-electron chi connectivity index (χ2n) is 17.5. The Morgan fingerprint density at radius 2 is 1.86 bits per heavy atom. The molecule has 6 saturated heterocycles. The number of allylic oxidation sites excluding steroid dienone is 1. The lowest BCUT2D eigenvalue weighted by Gasteiger charge is -2.62. The number of fused-ring (bicyclic) bond motifs is 10. The molecule has 9 aliphatic rings. The van der Waals surface area contributed by atoms with Crippen molar-refractivity contribution in [1.29, 1.82) is 0 Å². The molecule has 9 heterocycles. The van der Waals surface area contributed by atoms with E-state index in [1.165, 1.54) is 34.8 Å². The number of hydrogen-bond acceptors (Lipinski definition) is 8. The first kappa shape index (κ1) is 31.3. The van der Waals surface area contributed by atoms with Crippen molar-refractivity contribution in [3.63, 3.8) is 0 Å². The van der Waals surface area contributed by atoms with Crippen molar-refractivity contribution in [3.8, 4) is 0 Å². The maximum Gasteiger partial charge on any atom is 0.316 e. The Morgan fingerprint density at radius 1 is 1.08 bits per heavy atom. The number of likely N-dealkylation sites (N-methyl/N-ethyl adjacent to an activating group) is 1. The minimum atomic E-state index is -1.30. The fourth-order valence-electron chi connectivity index (χ4n) is 14.4. The zero-order chi connectivity index (χ0) is 34.9. The van der Waals surface area contributed by atoms with Crippen LogP contribution < -0.4 is 4.90 Å². The van der Waals surface area contributed by atoms with E-state index in [0.29, 0.717) is 25.1 Å². The summed E-state index contributed by atoms with van der Waals surface area (Å²) in [4.78, 5) is 21.9. The molecule has 0 radical (unpaired) electrons. The molecule has 2 N–H and O–H groups in total. The summed E-state index contributed by atoms with van der Waals surface area (Å²) in [7, 11) is 6.01. The van der Waals surface area contributed by atoms with Gasteiger partial charge in [0, 0.05) is 83.7 Å². The summed E-state index contributed by atoms with van der Waals surface area (Å²) in [6.07, 6.45) is 4.79. The predicted octanol–water partition coefficient (Wildman–Crippen LogP) is 4.15. The number of aryl methyl sites for hydroxylation is 1. The number of rotatable bonds is 3. The van der Waals surface area contributed by atoms with Gasteiger partial charge in [0.15, 0.2) is 5.79 Å². The molecule has 1 unspecified atom stereocenters. The smallest absolute Gasteiger partial charge is 0.316 e. The van der Waals surface area contributed by atoms with Crippen LogP contribution >= 0.6 is 0 Å². The number of hydrogen-bond donors (Lipinski definition) is 2. The van der Waals surface area contributed by atoms with E-state index in [0.717, 1.165) is 43.5 Å². The zero-order valence-electron chi connectivity index (χ0n) is 30.3. The number of benzene rings is 2. The van der Waals surface area contributed by atoms with Crippen LogP contribution in [0.4, 0.5) is 5.69 Å². The van der Waals surface area contributed by atoms with Crippen LogP contribution in [0.25, 0.3) is 10.9 Å². The van der Waals surface area contributed by atoms with Crippen molar-refractivity contribution in [1.82, 2.24) is 14.4 Å². The maximum absolute atomic E-state index is 14.1. The molecule has 1 aromatic heterocycles. The average Bonchev–Trinajstić information content (AvgIpc) is 3.66. The first-order valence-electron chi connectivity index (χ1n) is 19.3. The Morgan fingerprint density at radius 3 is 2.67 bits per heavy atom. The second kappa shape index (κ2) is 10.1. The number of carbonyl (C=O) groups excluding carboxylic acids is 1. The van der Waals surface area contributed by atoms with Gasteiger partial charge in [-0.2, -0.15) is 0 Å². The minimum absolute atomic E-state index is 0.0252. The minimum Gasteiger partial charge on any atom is -0.468 e. The Kier molecular flexibility index (Phi) is 6.17. The Bertz CT molecular complexity index is 2040. The van der Waals surface area contributed by atoms with Crippen molar-refractivity contribution in [3.05, 3.63) is 77.0 Å². The predicted molar refractivity (Wildman–Crippen MR) is 193 cm³/mol. The Balaban J connectivity index is 1.03. The quantitative estimate of drug-likeness (QED) is 0.313. The molecule has 3 aromatic rings. The summed E-state index contributed by atoms with van der Waals surface area (Å²) in [6, 6.07) is 18.1. The summed E-state index contributed by atoms with van der Waals surface area (Å²) < 4.78 is 14.6. The Hall–Kier alpha value is -3.21. The van der Waals surface area contributed by atoms with E-state index in [1.54, 1.807) is 0 Å². The van der Waals surface area contributed by atoms with Gasteiger partial charge in [-0.05, 0) is 75.8 Å². The number of aliphatic hydroxyl groups is 2. The fourth-order valence-corrected chi connectivity index (χ4v) is 14.4. The molecule has 1 spiro atoms. The van der Waals surface area contributed by atoms with E-state index >= 15 is 0 Å². The molecule has 12 rings (SSSR count). The summed E-state index contributed by atoms with van der Waals surface area (Å²) in [6.45, 7) is 5.98. The highest BCUT2D eigenvalue weighted by Crippen LogP contribution is 2.73. The summed E-state index contributed by atoms with van der Waals surface area (Å²) >= 11 is 0. The molecule has 9 heteroatoms. The van der Waals surface area contributed by atoms with Crippen molar-refractivity contribution >= 4 is 22.6 Å². The van der Waals surface area contributed by atoms with Crippen LogP contribution in [-0.4, -0.2) is 100 Å². The van der Waals surface area contributed by atoms with E-state index in [1.807, 2.05) is 6.92 Å². The van der Waals surface area contributed by atoms with E-state index in [2.05, 4.69) is 94.9 Å². The van der Waals surface area contributed by atoms with Crippen molar-refractivity contribution in [2.75, 3.05) is 38.8 Å². The largest absolute Gasteiger partial charge is 0.468 e. The third-order valence-electron chi connectivity index (χ3n) is 16.3. The SMILES string of the molecule is C/C=C1/CN2[C@H]3C[C@@]45c6ccccc6N(C[C@H]6[C@@H]7C[C@H]8c9c(c%10ccccc%10n9C)C[C@@H]([C@@H]7CO[C@@]6(C)O)N8C)[C@H]4[C@@H]2C[C@@H]1[C@]3(C(=O)OC)[C@@H]5O. The number of ether oxygens (including phenoxy) is 2. The number of nitrogens with zero attached hydrogens (tertiary/aromatic N) is 4. The number of aliphatic hydroxyl groups excluding tert-OH is 1. The molecule has 7 fully saturated rings. The highest BCUT2D eigenvalue weighted by molar-refractivity contribution is 5.86. The van der Waals surface area contributed by atoms with Crippen LogP contribution in [0.3, 0.4) is 0 Å². The van der Waals surface area contributed by atoms with Gasteiger partial charge in [-0.15, -0.1) is 0 Å². The van der Waals surface area contributed by atoms with Crippen LogP contribution in [0.1, 0.15) is 56.0 Å². The molecule has 268 valence electrons. The van der Waals surface area contributed by atoms with E-state index in [-0.39, 0.29) is 47.9 Å². The number of esters is 1. The van der Waals surface area contributed by atoms with Gasteiger partial charge in [0.05, 0.1) is 31.9 Å². The van der Waals surface area contributed by atoms with Crippen LogP contribution in [0.5, 0.6) is 0 Å². The van der Waals surface area contributed by atoms with Crippen molar-refractivity contribution in [2.24, 2.45) is 36.1 Å². The highest BCUT2D eigenvalue weighted by atomic mass is 16.6. The molecule has 14 atom stereocenters. The van der Waals surface area contributed by atoms with Gasteiger partial charge in [0.2, 0.25) is 0 Å². The number of carbonyl (C=O) groups is 1. The molecule has 9 nitrogen and oxygen atoms in total. The fraction of sp³-hybridized carbons (Fsp3) is 0.595. The maximum atomic E-state index is 14.1. The molecule has 0 amide bonds. The number of para-hydroxylation sites is 2. The number of aromatic nitrogens is 1. The molecule has 8 aliphatic heterocycles. The van der Waals surface area contributed by atoms with Gasteiger partial charge >= 0.3 is 5.97 Å². The number of anilines is 1. The lowest BCUT2D eigenvalue weighted by Crippen LogP contribution is -2.72. The van der Waals surface area contributed by atoms with E-state index in [9.17, 15) is 15.0 Å². The molecule has 7 bridgehead atoms. The van der Waals surface area contributed by atoms with Crippen LogP contribution in [-0.2, 0) is 33.2 Å². The summed E-state index contributed by atoms with van der Waals surface area (Å²) in [5.41, 5.74) is 6.15. The lowest BCUT2D eigenvalue weighted by atomic mass is 9.58. The van der Waals surface area contributed by atoms with Crippen LogP contribution in [0, 0.1) is 29.1 Å². The van der Waals surface area contributed by atoms with Gasteiger partial charge < -0.3 is 29.2 Å². The number of piperidine rings is 5. The first-order chi connectivity index (χ1) is 24.6. The van der Waals surface area contributed by atoms with Gasteiger partial charge in [-0.25, -0.2) is 0 Å². The highest BCUT2D eigenvalue weighted by Gasteiger charge is 2.83. The van der Waals surface area contributed by atoms with Crippen molar-refractivity contribution < 1.29 is 24.5 Å². The third kappa shape index (κ3) is 3.42. The second-order valence-corrected chi connectivity index (χ2v) is 17.5. The number of methoxy groups -OCH3 is 1. The van der Waals surface area contributed by atoms with E-state index < -0.39 is 22.7 Å². The van der Waals surface area contributed by atoms with Crippen LogP contribution in [0.15, 0.2) is 60.2 Å². The summed E-state index contributed by atoms with van der Waals surface area (Å²) in [5.74, 6) is -1.21. The normalized spacial score (nSPS) is 46.3. The topological polar surface area (TPSA) is 90.6 Å². The van der Waals surface area contributed by atoms with Gasteiger partial charge in [0.25, 0.3) is 0 Å². The van der Waals surface area contributed by atoms with Gasteiger partial charge in [-0.3, -0.25) is 14.6 Å². The average molecular weight is 691 g/mol. The Labute approximate surface area is 299 Å². The van der Waals surface area contributed by atoms with Gasteiger partial charge in [0.1, 0.15) is 5.41 Å².